The summed E-state index contributed by atoms with van der Waals surface area (Å²) in [5.74, 6) is -0.791. The minimum atomic E-state index is -2.02. The van der Waals surface area contributed by atoms with E-state index in [1.807, 2.05) is 0 Å². The second kappa shape index (κ2) is 4.18. The van der Waals surface area contributed by atoms with Crippen LogP contribution in [0.1, 0.15) is 20.3 Å². The molecule has 0 aliphatic heterocycles. The molecular weight excluding hydrogens is 196 g/mol. The number of carbonyl (C=O) groups is 2. The van der Waals surface area contributed by atoms with Gasteiger partial charge in [0, 0.05) is 11.8 Å². The Morgan fingerprint density at radius 2 is 1.80 bits per heavy atom. The molecule has 15 heavy (non-hydrogen) atoms. The van der Waals surface area contributed by atoms with Crippen LogP contribution in [0, 0.1) is 23.2 Å². The number of carboxylic acid groups (broad SMARTS) is 2. The monoisotopic (exact) mass is 210 g/mol. The topological polar surface area (TPSA) is 74.6 Å². The van der Waals surface area contributed by atoms with E-state index in [4.69, 9.17) is 16.6 Å². The molecule has 82 valence electrons. The zero-order valence-corrected chi connectivity index (χ0v) is 8.78. The Bertz CT molecular complexity index is 319. The minimum absolute atomic E-state index is 0.378. The molecule has 0 atom stereocenters. The van der Waals surface area contributed by atoms with E-state index in [1.54, 1.807) is 0 Å². The standard InChI is InChI=1S/C11H14O4/c1-5-7-11(8(12)13,9(14)15)10(3,4)6-2/h1,6H,2,7H2,3-4H3,(H,12,13)(H,14,15). The fourth-order valence-electron chi connectivity index (χ4n) is 1.35. The predicted molar refractivity (Wildman–Crippen MR) is 55.1 cm³/mol. The third-order valence-electron chi connectivity index (χ3n) is 2.71. The first-order chi connectivity index (χ1) is 6.76. The van der Waals surface area contributed by atoms with Gasteiger partial charge in [0.2, 0.25) is 0 Å². The van der Waals surface area contributed by atoms with Crippen LogP contribution >= 0.6 is 0 Å². The van der Waals surface area contributed by atoms with E-state index in [9.17, 15) is 9.59 Å². The lowest BCUT2D eigenvalue weighted by Crippen LogP contribution is -2.49. The number of carboxylic acids is 2. The quantitative estimate of drug-likeness (QED) is 0.408. The molecule has 0 fully saturated rings. The number of rotatable bonds is 5. The second-order valence-electron chi connectivity index (χ2n) is 3.82. The highest BCUT2D eigenvalue weighted by Crippen LogP contribution is 2.43. The summed E-state index contributed by atoms with van der Waals surface area (Å²) in [6.45, 7) is 6.42. The number of hydrogen-bond donors (Lipinski definition) is 2. The molecule has 0 aliphatic carbocycles. The smallest absolute Gasteiger partial charge is 0.322 e. The van der Waals surface area contributed by atoms with Crippen LogP contribution in [0.5, 0.6) is 0 Å². The Labute approximate surface area is 88.6 Å². The van der Waals surface area contributed by atoms with E-state index in [2.05, 4.69) is 12.5 Å². The van der Waals surface area contributed by atoms with E-state index < -0.39 is 22.8 Å². The van der Waals surface area contributed by atoms with Crippen molar-refractivity contribution in [3.05, 3.63) is 12.7 Å². The van der Waals surface area contributed by atoms with Crippen molar-refractivity contribution in [2.45, 2.75) is 20.3 Å². The predicted octanol–water partition coefficient (Wildman–Crippen LogP) is 1.38. The van der Waals surface area contributed by atoms with Crippen LogP contribution < -0.4 is 0 Å². The summed E-state index contributed by atoms with van der Waals surface area (Å²) in [5.41, 5.74) is -3.15. The Kier molecular flexibility index (Phi) is 3.69. The van der Waals surface area contributed by atoms with Crippen molar-refractivity contribution < 1.29 is 19.8 Å². The molecule has 0 bridgehead atoms. The van der Waals surface area contributed by atoms with Crippen LogP contribution in [0.25, 0.3) is 0 Å². The van der Waals surface area contributed by atoms with Crippen molar-refractivity contribution in [1.29, 1.82) is 0 Å². The molecule has 2 N–H and O–H groups in total. The van der Waals surface area contributed by atoms with Gasteiger partial charge in [0.1, 0.15) is 0 Å². The Balaban J connectivity index is 5.76. The molecular formula is C11H14O4. The molecule has 4 nitrogen and oxygen atoms in total. The maximum absolute atomic E-state index is 11.1. The van der Waals surface area contributed by atoms with Crippen LogP contribution in [0.2, 0.25) is 0 Å². The third-order valence-corrected chi connectivity index (χ3v) is 2.71. The average molecular weight is 210 g/mol. The summed E-state index contributed by atoms with van der Waals surface area (Å²) in [6, 6.07) is 0. The summed E-state index contributed by atoms with van der Waals surface area (Å²) in [7, 11) is 0. The molecule has 0 unspecified atom stereocenters. The molecule has 0 saturated heterocycles. The number of aliphatic carboxylic acids is 2. The Hall–Kier alpha value is -1.76. The lowest BCUT2D eigenvalue weighted by molar-refractivity contribution is -0.171. The first-order valence-electron chi connectivity index (χ1n) is 4.30. The van der Waals surface area contributed by atoms with Gasteiger partial charge in [0.15, 0.2) is 5.41 Å². The van der Waals surface area contributed by atoms with Gasteiger partial charge < -0.3 is 10.2 Å². The molecule has 0 heterocycles. The van der Waals surface area contributed by atoms with Crippen molar-refractivity contribution in [2.75, 3.05) is 0 Å². The zero-order valence-electron chi connectivity index (χ0n) is 8.78. The molecule has 0 aliphatic rings. The molecule has 0 radical (unpaired) electrons. The highest BCUT2D eigenvalue weighted by Gasteiger charge is 2.56. The van der Waals surface area contributed by atoms with Crippen LogP contribution in [0.3, 0.4) is 0 Å². The van der Waals surface area contributed by atoms with Gasteiger partial charge in [-0.25, -0.2) is 0 Å². The van der Waals surface area contributed by atoms with E-state index in [-0.39, 0.29) is 6.42 Å². The molecule has 0 aromatic carbocycles. The molecule has 4 heteroatoms. The van der Waals surface area contributed by atoms with Crippen molar-refractivity contribution >= 4 is 11.9 Å². The van der Waals surface area contributed by atoms with Crippen LogP contribution in [-0.2, 0) is 9.59 Å². The zero-order chi connectivity index (χ0) is 12.3. The highest BCUT2D eigenvalue weighted by molar-refractivity contribution is 5.99. The second-order valence-corrected chi connectivity index (χ2v) is 3.82. The minimum Gasteiger partial charge on any atom is -0.480 e. The molecule has 0 rings (SSSR count). The van der Waals surface area contributed by atoms with E-state index >= 15 is 0 Å². The summed E-state index contributed by atoms with van der Waals surface area (Å²) >= 11 is 0. The molecule has 0 spiro atoms. The van der Waals surface area contributed by atoms with Crippen LogP contribution in [0.15, 0.2) is 12.7 Å². The summed E-state index contributed by atoms with van der Waals surface area (Å²) in [5, 5.41) is 18.1. The Morgan fingerprint density at radius 3 is 2.00 bits per heavy atom. The molecule has 0 amide bonds. The van der Waals surface area contributed by atoms with Gasteiger partial charge in [-0.2, -0.15) is 0 Å². The van der Waals surface area contributed by atoms with Crippen molar-refractivity contribution in [1.82, 2.24) is 0 Å². The number of hydrogen-bond acceptors (Lipinski definition) is 2. The summed E-state index contributed by atoms with van der Waals surface area (Å²) in [4.78, 5) is 22.3. The first-order valence-corrected chi connectivity index (χ1v) is 4.30. The van der Waals surface area contributed by atoms with Gasteiger partial charge in [0.05, 0.1) is 0 Å². The maximum atomic E-state index is 11.1. The Morgan fingerprint density at radius 1 is 1.40 bits per heavy atom. The number of allylic oxidation sites excluding steroid dienone is 1. The van der Waals surface area contributed by atoms with Crippen molar-refractivity contribution in [3.8, 4) is 12.3 Å². The van der Waals surface area contributed by atoms with E-state index in [0.717, 1.165) is 0 Å². The van der Waals surface area contributed by atoms with E-state index in [0.29, 0.717) is 0 Å². The molecule has 0 aromatic rings. The fourth-order valence-corrected chi connectivity index (χ4v) is 1.35. The first kappa shape index (κ1) is 13.2. The lowest BCUT2D eigenvalue weighted by Gasteiger charge is -2.36. The lowest BCUT2D eigenvalue weighted by atomic mass is 9.63. The van der Waals surface area contributed by atoms with Crippen LogP contribution in [0.4, 0.5) is 0 Å². The molecule has 0 aromatic heterocycles. The van der Waals surface area contributed by atoms with Crippen LogP contribution in [-0.4, -0.2) is 22.2 Å². The van der Waals surface area contributed by atoms with Gasteiger partial charge in [-0.15, -0.1) is 18.9 Å². The number of terminal acetylenes is 1. The van der Waals surface area contributed by atoms with Crippen molar-refractivity contribution in [3.63, 3.8) is 0 Å². The van der Waals surface area contributed by atoms with Gasteiger partial charge in [-0.1, -0.05) is 19.9 Å². The van der Waals surface area contributed by atoms with Gasteiger partial charge in [-0.05, 0) is 0 Å². The largest absolute Gasteiger partial charge is 0.480 e. The van der Waals surface area contributed by atoms with Crippen molar-refractivity contribution in [2.24, 2.45) is 10.8 Å². The normalized spacial score (nSPS) is 11.5. The summed E-state index contributed by atoms with van der Waals surface area (Å²) < 4.78 is 0. The van der Waals surface area contributed by atoms with Gasteiger partial charge in [0.25, 0.3) is 0 Å². The molecule has 0 saturated carbocycles. The highest BCUT2D eigenvalue weighted by atomic mass is 16.4. The third kappa shape index (κ3) is 1.86. The SMILES string of the molecule is C#CCC(C(=O)O)(C(=O)O)C(C)(C)C=C. The van der Waals surface area contributed by atoms with E-state index in [1.165, 1.54) is 19.9 Å². The average Bonchev–Trinajstić information content (AvgIpc) is 2.12. The maximum Gasteiger partial charge on any atom is 0.322 e. The van der Waals surface area contributed by atoms with Gasteiger partial charge in [-0.3, -0.25) is 9.59 Å². The summed E-state index contributed by atoms with van der Waals surface area (Å²) in [6.07, 6.45) is 5.95. The van der Waals surface area contributed by atoms with Gasteiger partial charge >= 0.3 is 11.9 Å². The fraction of sp³-hybridized carbons (Fsp3) is 0.455.